The molecule has 3 aromatic heterocycles. The van der Waals surface area contributed by atoms with Gasteiger partial charge in [0.05, 0.1) is 22.4 Å². The van der Waals surface area contributed by atoms with Gasteiger partial charge in [0.15, 0.2) is 17.5 Å². The molecule has 1 aliphatic heterocycles. The van der Waals surface area contributed by atoms with Crippen LogP contribution in [0.3, 0.4) is 0 Å². The number of aromatic nitrogens is 5. The Hall–Kier alpha value is -7.38. The van der Waals surface area contributed by atoms with Gasteiger partial charge in [0, 0.05) is 44.3 Å². The fraction of sp³-hybridized carbons (Fsp3) is 0. The van der Waals surface area contributed by atoms with Crippen molar-refractivity contribution in [3.05, 3.63) is 170 Å². The van der Waals surface area contributed by atoms with Crippen LogP contribution >= 0.6 is 0 Å². The van der Waals surface area contributed by atoms with Gasteiger partial charge in [-0.1, -0.05) is 109 Å². The van der Waals surface area contributed by atoms with Gasteiger partial charge in [-0.2, -0.15) is 0 Å². The lowest BCUT2D eigenvalue weighted by atomic mass is 10.0. The molecule has 0 N–H and O–H groups in total. The highest BCUT2D eigenvalue weighted by Crippen LogP contribution is 2.48. The molecule has 0 radical (unpaired) electrons. The molecule has 7 nitrogen and oxygen atoms in total. The molecular formula is C46H28N6O. The molecule has 53 heavy (non-hydrogen) atoms. The number of furan rings is 1. The number of nitrogens with zero attached hydrogens (tertiary/aromatic N) is 6. The number of rotatable bonds is 4. The lowest BCUT2D eigenvalue weighted by molar-refractivity contribution is 0.669. The van der Waals surface area contributed by atoms with Crippen LogP contribution in [0.2, 0.25) is 0 Å². The number of imidazole rings is 1. The van der Waals surface area contributed by atoms with Crippen molar-refractivity contribution in [2.24, 2.45) is 0 Å². The molecule has 0 unspecified atom stereocenters. The van der Waals surface area contributed by atoms with Crippen LogP contribution in [0, 0.1) is 0 Å². The van der Waals surface area contributed by atoms with E-state index in [0.717, 1.165) is 83.8 Å². The summed E-state index contributed by atoms with van der Waals surface area (Å²) in [5.74, 6) is 2.66. The van der Waals surface area contributed by atoms with Gasteiger partial charge >= 0.3 is 0 Å². The highest BCUT2D eigenvalue weighted by atomic mass is 16.3. The number of benzene rings is 7. The third kappa shape index (κ3) is 4.68. The standard InChI is InChI=1S/C46H28N6O/c1-3-13-29(14-4-1)43-48-44(30-15-5-2-6-16-30)50-45(49-43)31-23-25-41-35(27-31)36-28-32(24-26-42(36)53-41)51-38-20-10-7-17-33(38)34-18-8-11-21-39(34)52-40-22-12-9-19-37(40)47-46(51)52/h1-28H. The SMILES string of the molecule is c1ccc(-c2nc(-c3ccccc3)nc(-c3ccc4oc5ccc(N6c7ccccc7-c7ccccc7-n7c6nc6ccccc67)cc5c4c3)n2)cc1. The Morgan fingerprint density at radius 2 is 0.962 bits per heavy atom. The maximum Gasteiger partial charge on any atom is 0.220 e. The Kier molecular flexibility index (Phi) is 6.42. The maximum atomic E-state index is 6.44. The first-order valence-electron chi connectivity index (χ1n) is 17.6. The highest BCUT2D eigenvalue weighted by Gasteiger charge is 2.29. The summed E-state index contributed by atoms with van der Waals surface area (Å²) in [7, 11) is 0. The molecular weight excluding hydrogens is 653 g/mol. The van der Waals surface area contributed by atoms with Gasteiger partial charge < -0.3 is 4.42 Å². The van der Waals surface area contributed by atoms with E-state index in [4.69, 9.17) is 24.4 Å². The Bertz CT molecular complexity index is 2960. The van der Waals surface area contributed by atoms with Crippen molar-refractivity contribution in [1.82, 2.24) is 24.5 Å². The van der Waals surface area contributed by atoms with E-state index in [1.165, 1.54) is 0 Å². The average Bonchev–Trinajstić information content (AvgIpc) is 3.76. The van der Waals surface area contributed by atoms with Crippen LogP contribution in [-0.2, 0) is 0 Å². The van der Waals surface area contributed by atoms with E-state index in [0.29, 0.717) is 17.5 Å². The molecule has 0 fully saturated rings. The van der Waals surface area contributed by atoms with Gasteiger partial charge in [-0.05, 0) is 60.7 Å². The van der Waals surface area contributed by atoms with E-state index in [2.05, 4.69) is 100 Å². The molecule has 0 saturated heterocycles. The lowest BCUT2D eigenvalue weighted by Gasteiger charge is -2.24. The second-order valence-electron chi connectivity index (χ2n) is 13.1. The first kappa shape index (κ1) is 29.4. The summed E-state index contributed by atoms with van der Waals surface area (Å²) < 4.78 is 8.72. The number of hydrogen-bond donors (Lipinski definition) is 0. The van der Waals surface area contributed by atoms with Crippen LogP contribution in [0.25, 0.3) is 83.9 Å². The summed E-state index contributed by atoms with van der Waals surface area (Å²) in [6, 6.07) is 58.1. The molecule has 4 heterocycles. The monoisotopic (exact) mass is 680 g/mol. The number of anilines is 3. The Morgan fingerprint density at radius 1 is 0.415 bits per heavy atom. The van der Waals surface area contributed by atoms with Gasteiger partial charge in [0.25, 0.3) is 0 Å². The quantitative estimate of drug-likeness (QED) is 0.184. The van der Waals surface area contributed by atoms with Gasteiger partial charge in [0.2, 0.25) is 5.95 Å². The molecule has 1 aliphatic rings. The van der Waals surface area contributed by atoms with Crippen LogP contribution in [0.4, 0.5) is 17.3 Å². The van der Waals surface area contributed by atoms with Crippen LogP contribution < -0.4 is 4.90 Å². The average molecular weight is 681 g/mol. The van der Waals surface area contributed by atoms with E-state index in [1.54, 1.807) is 0 Å². The fourth-order valence-corrected chi connectivity index (χ4v) is 7.54. The molecule has 0 bridgehead atoms. The molecule has 7 heteroatoms. The third-order valence-corrected chi connectivity index (χ3v) is 9.99. The molecule has 0 atom stereocenters. The second kappa shape index (κ2) is 11.6. The fourth-order valence-electron chi connectivity index (χ4n) is 7.54. The molecule has 0 spiro atoms. The normalized spacial score (nSPS) is 12.1. The molecule has 0 aliphatic carbocycles. The predicted octanol–water partition coefficient (Wildman–Crippen LogP) is 11.6. The minimum absolute atomic E-state index is 0.595. The summed E-state index contributed by atoms with van der Waals surface area (Å²) in [5.41, 5.74) is 11.7. The van der Waals surface area contributed by atoms with E-state index in [-0.39, 0.29) is 0 Å². The van der Waals surface area contributed by atoms with E-state index < -0.39 is 0 Å². The topological polar surface area (TPSA) is 72.9 Å². The third-order valence-electron chi connectivity index (χ3n) is 9.99. The zero-order valence-corrected chi connectivity index (χ0v) is 28.3. The van der Waals surface area contributed by atoms with E-state index in [9.17, 15) is 0 Å². The summed E-state index contributed by atoms with van der Waals surface area (Å²) >= 11 is 0. The van der Waals surface area contributed by atoms with Crippen molar-refractivity contribution in [2.75, 3.05) is 4.90 Å². The minimum atomic E-state index is 0.595. The minimum Gasteiger partial charge on any atom is -0.456 e. The van der Waals surface area contributed by atoms with Crippen molar-refractivity contribution < 1.29 is 4.42 Å². The van der Waals surface area contributed by atoms with Gasteiger partial charge in [0.1, 0.15) is 11.2 Å². The van der Waals surface area contributed by atoms with Crippen LogP contribution in [0.15, 0.2) is 174 Å². The van der Waals surface area contributed by atoms with Crippen LogP contribution in [-0.4, -0.2) is 24.5 Å². The lowest BCUT2D eigenvalue weighted by Crippen LogP contribution is -2.14. The number of fused-ring (bicyclic) bond motifs is 10. The van der Waals surface area contributed by atoms with E-state index in [1.807, 2.05) is 78.9 Å². The summed E-state index contributed by atoms with van der Waals surface area (Å²) in [6.45, 7) is 0. The summed E-state index contributed by atoms with van der Waals surface area (Å²) in [4.78, 5) is 22.4. The molecule has 0 amide bonds. The summed E-state index contributed by atoms with van der Waals surface area (Å²) in [6.07, 6.45) is 0. The maximum absolute atomic E-state index is 6.44. The van der Waals surface area contributed by atoms with Gasteiger partial charge in [-0.15, -0.1) is 0 Å². The Morgan fingerprint density at radius 3 is 1.68 bits per heavy atom. The smallest absolute Gasteiger partial charge is 0.220 e. The Labute approximate surface area is 304 Å². The van der Waals surface area contributed by atoms with Crippen molar-refractivity contribution in [3.63, 3.8) is 0 Å². The zero-order chi connectivity index (χ0) is 34.9. The number of hydrogen-bond acceptors (Lipinski definition) is 6. The predicted molar refractivity (Wildman–Crippen MR) is 212 cm³/mol. The molecule has 0 saturated carbocycles. The largest absolute Gasteiger partial charge is 0.456 e. The van der Waals surface area contributed by atoms with Crippen molar-refractivity contribution in [3.8, 4) is 51.0 Å². The van der Waals surface area contributed by atoms with Gasteiger partial charge in [-0.3, -0.25) is 9.47 Å². The number of para-hydroxylation sites is 4. The molecule has 248 valence electrons. The van der Waals surface area contributed by atoms with Crippen molar-refractivity contribution in [1.29, 1.82) is 0 Å². The van der Waals surface area contributed by atoms with Crippen LogP contribution in [0.5, 0.6) is 0 Å². The van der Waals surface area contributed by atoms with E-state index >= 15 is 0 Å². The summed E-state index contributed by atoms with van der Waals surface area (Å²) in [5, 5.41) is 1.96. The first-order chi connectivity index (χ1) is 26.3. The van der Waals surface area contributed by atoms with Crippen LogP contribution in [0.1, 0.15) is 0 Å². The molecule has 10 aromatic rings. The second-order valence-corrected chi connectivity index (χ2v) is 13.1. The Balaban J connectivity index is 1.12. The molecule has 7 aromatic carbocycles. The highest BCUT2D eigenvalue weighted by molar-refractivity contribution is 6.08. The zero-order valence-electron chi connectivity index (χ0n) is 28.3. The van der Waals surface area contributed by atoms with Crippen molar-refractivity contribution >= 4 is 50.3 Å². The van der Waals surface area contributed by atoms with Gasteiger partial charge in [-0.25, -0.2) is 19.9 Å². The first-order valence-corrected chi connectivity index (χ1v) is 17.6. The molecule has 11 rings (SSSR count). The van der Waals surface area contributed by atoms with Crippen molar-refractivity contribution in [2.45, 2.75) is 0 Å².